The van der Waals surface area contributed by atoms with Crippen molar-refractivity contribution in [1.82, 2.24) is 0 Å². The highest BCUT2D eigenvalue weighted by Crippen LogP contribution is 2.47. The summed E-state index contributed by atoms with van der Waals surface area (Å²) < 4.78 is 19.8. The zero-order chi connectivity index (χ0) is 12.8. The molecule has 3 rings (SSSR count). The number of thioether (sulfide) groups is 1. The number of halogens is 1. The van der Waals surface area contributed by atoms with Crippen molar-refractivity contribution in [1.29, 1.82) is 0 Å². The standard InChI is InChI=1S/C13H15FN2OS/c1-8-10-6-18-12(15)16-13(10,7-17-8)9-4-2-3-5-11(9)14/h2-5,8,10H,6-7H2,1H3,(H2,15,16)/t8-,10+,13-/m0/s1. The van der Waals surface area contributed by atoms with Crippen molar-refractivity contribution in [3.8, 4) is 0 Å². The van der Waals surface area contributed by atoms with Gasteiger partial charge in [0.05, 0.1) is 12.7 Å². The van der Waals surface area contributed by atoms with E-state index in [4.69, 9.17) is 10.5 Å². The Morgan fingerprint density at radius 1 is 1.50 bits per heavy atom. The van der Waals surface area contributed by atoms with Crippen LogP contribution in [-0.2, 0) is 10.3 Å². The van der Waals surface area contributed by atoms with E-state index in [1.807, 2.05) is 13.0 Å². The fraction of sp³-hybridized carbons (Fsp3) is 0.462. The van der Waals surface area contributed by atoms with Gasteiger partial charge >= 0.3 is 0 Å². The predicted molar refractivity (Wildman–Crippen MR) is 71.1 cm³/mol. The Morgan fingerprint density at radius 2 is 2.28 bits per heavy atom. The molecule has 1 saturated heterocycles. The Bertz CT molecular complexity index is 508. The van der Waals surface area contributed by atoms with Crippen LogP contribution in [0.15, 0.2) is 29.3 Å². The van der Waals surface area contributed by atoms with Crippen molar-refractivity contribution < 1.29 is 9.13 Å². The largest absolute Gasteiger partial charge is 0.379 e. The van der Waals surface area contributed by atoms with Crippen LogP contribution in [0.1, 0.15) is 12.5 Å². The molecule has 0 radical (unpaired) electrons. The van der Waals surface area contributed by atoms with Gasteiger partial charge in [0.2, 0.25) is 0 Å². The number of nitrogens with zero attached hydrogens (tertiary/aromatic N) is 1. The summed E-state index contributed by atoms with van der Waals surface area (Å²) in [6.45, 7) is 2.42. The molecule has 1 fully saturated rings. The van der Waals surface area contributed by atoms with Gasteiger partial charge in [0.25, 0.3) is 0 Å². The van der Waals surface area contributed by atoms with Gasteiger partial charge in [0.1, 0.15) is 11.4 Å². The smallest absolute Gasteiger partial charge is 0.154 e. The molecule has 96 valence electrons. The van der Waals surface area contributed by atoms with Crippen LogP contribution in [-0.4, -0.2) is 23.6 Å². The first-order valence-corrected chi connectivity index (χ1v) is 6.97. The van der Waals surface area contributed by atoms with Gasteiger partial charge in [-0.25, -0.2) is 9.38 Å². The first-order valence-electron chi connectivity index (χ1n) is 5.98. The minimum Gasteiger partial charge on any atom is -0.379 e. The molecule has 0 aliphatic carbocycles. The zero-order valence-corrected chi connectivity index (χ0v) is 10.9. The van der Waals surface area contributed by atoms with E-state index in [0.29, 0.717) is 17.3 Å². The molecular formula is C13H15FN2OS. The van der Waals surface area contributed by atoms with Crippen molar-refractivity contribution in [2.45, 2.75) is 18.6 Å². The number of nitrogens with two attached hydrogens (primary N) is 1. The number of aliphatic imine (C=N–C) groups is 1. The Balaban J connectivity index is 2.16. The summed E-state index contributed by atoms with van der Waals surface area (Å²) in [5, 5.41) is 0.521. The van der Waals surface area contributed by atoms with E-state index in [-0.39, 0.29) is 17.8 Å². The van der Waals surface area contributed by atoms with E-state index in [1.165, 1.54) is 17.8 Å². The molecule has 0 spiro atoms. The molecular weight excluding hydrogens is 251 g/mol. The molecule has 1 aromatic rings. The van der Waals surface area contributed by atoms with Crippen molar-refractivity contribution in [2.75, 3.05) is 12.4 Å². The summed E-state index contributed by atoms with van der Waals surface area (Å²) in [5.41, 5.74) is 5.80. The first-order chi connectivity index (χ1) is 8.63. The van der Waals surface area contributed by atoms with Gasteiger partial charge < -0.3 is 10.5 Å². The Hall–Kier alpha value is -1.07. The minimum atomic E-state index is -0.639. The average molecular weight is 266 g/mol. The summed E-state index contributed by atoms with van der Waals surface area (Å²) in [4.78, 5) is 4.55. The second-order valence-corrected chi connectivity index (χ2v) is 5.83. The maximum absolute atomic E-state index is 14.1. The second kappa shape index (κ2) is 4.24. The molecule has 1 aromatic carbocycles. The molecule has 3 nitrogen and oxygen atoms in total. The van der Waals surface area contributed by atoms with Crippen LogP contribution < -0.4 is 5.73 Å². The van der Waals surface area contributed by atoms with Crippen LogP contribution in [0, 0.1) is 11.7 Å². The third-order valence-corrected chi connectivity index (χ3v) is 4.72. The van der Waals surface area contributed by atoms with Gasteiger partial charge in [-0.3, -0.25) is 0 Å². The van der Waals surface area contributed by atoms with Crippen LogP contribution in [0.5, 0.6) is 0 Å². The van der Waals surface area contributed by atoms with Gasteiger partial charge in [-0.15, -0.1) is 0 Å². The van der Waals surface area contributed by atoms with Gasteiger partial charge in [-0.05, 0) is 13.0 Å². The van der Waals surface area contributed by atoms with Crippen LogP contribution in [0.25, 0.3) is 0 Å². The molecule has 5 heteroatoms. The van der Waals surface area contributed by atoms with E-state index in [0.717, 1.165) is 5.75 Å². The van der Waals surface area contributed by atoms with Crippen LogP contribution in [0.2, 0.25) is 0 Å². The van der Waals surface area contributed by atoms with Crippen LogP contribution in [0.4, 0.5) is 4.39 Å². The molecule has 3 atom stereocenters. The third-order valence-electron chi connectivity index (χ3n) is 3.81. The van der Waals surface area contributed by atoms with E-state index in [2.05, 4.69) is 4.99 Å². The molecule has 2 heterocycles. The number of fused-ring (bicyclic) bond motifs is 1. The molecule has 0 unspecified atom stereocenters. The van der Waals surface area contributed by atoms with Gasteiger partial charge in [-0.1, -0.05) is 30.0 Å². The van der Waals surface area contributed by atoms with E-state index in [9.17, 15) is 4.39 Å². The fourth-order valence-electron chi connectivity index (χ4n) is 2.81. The zero-order valence-electron chi connectivity index (χ0n) is 10.1. The first kappa shape index (κ1) is 12.0. The molecule has 0 aromatic heterocycles. The third kappa shape index (κ3) is 1.65. The lowest BCUT2D eigenvalue weighted by molar-refractivity contribution is 0.107. The monoisotopic (exact) mass is 266 g/mol. The second-order valence-electron chi connectivity index (χ2n) is 4.79. The van der Waals surface area contributed by atoms with Crippen molar-refractivity contribution >= 4 is 16.9 Å². The summed E-state index contributed by atoms with van der Waals surface area (Å²) >= 11 is 1.52. The highest BCUT2D eigenvalue weighted by Gasteiger charge is 2.52. The van der Waals surface area contributed by atoms with Gasteiger partial charge in [0, 0.05) is 17.2 Å². The van der Waals surface area contributed by atoms with E-state index >= 15 is 0 Å². The molecule has 0 saturated carbocycles. The number of amidine groups is 1. The number of hydrogen-bond donors (Lipinski definition) is 1. The molecule has 18 heavy (non-hydrogen) atoms. The SMILES string of the molecule is C[C@@H]1OC[C@@]2(c3ccccc3F)N=C(N)SC[C@H]12. The van der Waals surface area contributed by atoms with E-state index in [1.54, 1.807) is 12.1 Å². The lowest BCUT2D eigenvalue weighted by Crippen LogP contribution is -2.41. The highest BCUT2D eigenvalue weighted by atomic mass is 32.2. The highest BCUT2D eigenvalue weighted by molar-refractivity contribution is 8.13. The Morgan fingerprint density at radius 3 is 3.06 bits per heavy atom. The lowest BCUT2D eigenvalue weighted by atomic mass is 9.79. The van der Waals surface area contributed by atoms with Gasteiger partial charge in [-0.2, -0.15) is 0 Å². The van der Waals surface area contributed by atoms with E-state index < -0.39 is 5.54 Å². The van der Waals surface area contributed by atoms with Crippen LogP contribution >= 0.6 is 11.8 Å². The fourth-order valence-corrected chi connectivity index (χ4v) is 3.94. The Labute approximate surface area is 110 Å². The molecule has 0 amide bonds. The quantitative estimate of drug-likeness (QED) is 0.847. The number of benzene rings is 1. The van der Waals surface area contributed by atoms with Gasteiger partial charge in [0.15, 0.2) is 5.17 Å². The van der Waals surface area contributed by atoms with Crippen molar-refractivity contribution in [3.63, 3.8) is 0 Å². The predicted octanol–water partition coefficient (Wildman–Crippen LogP) is 2.12. The summed E-state index contributed by atoms with van der Waals surface area (Å²) in [5.74, 6) is 0.764. The summed E-state index contributed by atoms with van der Waals surface area (Å²) in [7, 11) is 0. The molecule has 0 bridgehead atoms. The average Bonchev–Trinajstić information content (AvgIpc) is 2.68. The molecule has 2 aliphatic heterocycles. The summed E-state index contributed by atoms with van der Waals surface area (Å²) in [6.07, 6.45) is 0.0777. The Kier molecular flexibility index (Phi) is 2.83. The summed E-state index contributed by atoms with van der Waals surface area (Å²) in [6, 6.07) is 6.78. The topological polar surface area (TPSA) is 47.6 Å². The normalized spacial score (nSPS) is 35.1. The minimum absolute atomic E-state index is 0.0777. The number of rotatable bonds is 1. The van der Waals surface area contributed by atoms with Crippen LogP contribution in [0.3, 0.4) is 0 Å². The number of hydrogen-bond acceptors (Lipinski definition) is 4. The number of ether oxygens (including phenoxy) is 1. The lowest BCUT2D eigenvalue weighted by Gasteiger charge is -2.35. The van der Waals surface area contributed by atoms with Crippen molar-refractivity contribution in [3.05, 3.63) is 35.6 Å². The molecule has 2 N–H and O–H groups in total. The maximum Gasteiger partial charge on any atom is 0.154 e. The maximum atomic E-state index is 14.1. The van der Waals surface area contributed by atoms with Crippen molar-refractivity contribution in [2.24, 2.45) is 16.6 Å². The molecule has 2 aliphatic rings.